The van der Waals surface area contributed by atoms with Gasteiger partial charge in [0.25, 0.3) is 0 Å². The molecule has 0 aliphatic rings. The molecule has 5 heteroatoms. The van der Waals surface area contributed by atoms with Crippen LogP contribution in [-0.2, 0) is 12.1 Å². The topological polar surface area (TPSA) is 55.6 Å². The van der Waals surface area contributed by atoms with E-state index in [1.165, 1.54) is 0 Å². The Morgan fingerprint density at radius 2 is 2.07 bits per heavy atom. The van der Waals surface area contributed by atoms with Gasteiger partial charge in [0.2, 0.25) is 0 Å². The van der Waals surface area contributed by atoms with Gasteiger partial charge in [-0.15, -0.1) is 5.10 Å². The summed E-state index contributed by atoms with van der Waals surface area (Å²) < 4.78 is 1.91. The fraction of sp³-hybridized carbons (Fsp3) is 0.900. The average molecular weight is 211 g/mol. The van der Waals surface area contributed by atoms with Crippen molar-refractivity contribution in [3.05, 3.63) is 5.82 Å². The largest absolute Gasteiger partial charge is 0.310 e. The number of rotatable bonds is 6. The Kier molecular flexibility index (Phi) is 4.20. The van der Waals surface area contributed by atoms with Crippen molar-refractivity contribution in [2.24, 2.45) is 0 Å². The van der Waals surface area contributed by atoms with Crippen LogP contribution in [0.5, 0.6) is 0 Å². The fourth-order valence-electron chi connectivity index (χ4n) is 1.31. The molecule has 5 nitrogen and oxygen atoms in total. The van der Waals surface area contributed by atoms with Crippen molar-refractivity contribution < 1.29 is 0 Å². The van der Waals surface area contributed by atoms with Crippen molar-refractivity contribution in [3.63, 3.8) is 0 Å². The molecule has 86 valence electrons. The molecule has 0 spiro atoms. The lowest BCUT2D eigenvalue weighted by Gasteiger charge is -2.23. The third-order valence-corrected chi connectivity index (χ3v) is 2.68. The second-order valence-electron chi connectivity index (χ2n) is 4.35. The minimum absolute atomic E-state index is 0.00721. The monoisotopic (exact) mass is 211 g/mol. The standard InChI is InChI=1S/C10H21N5/c1-5-7-11-8-9-12-13-14-15(9)10(3,4)6-2/h11H,5-8H2,1-4H3. The first-order chi connectivity index (χ1) is 7.11. The van der Waals surface area contributed by atoms with Crippen molar-refractivity contribution in [2.75, 3.05) is 6.54 Å². The summed E-state index contributed by atoms with van der Waals surface area (Å²) in [4.78, 5) is 0. The summed E-state index contributed by atoms with van der Waals surface area (Å²) in [7, 11) is 0. The Balaban J connectivity index is 2.69. The molecule has 1 aromatic heterocycles. The van der Waals surface area contributed by atoms with E-state index in [-0.39, 0.29) is 5.54 Å². The Morgan fingerprint density at radius 3 is 2.67 bits per heavy atom. The van der Waals surface area contributed by atoms with Gasteiger partial charge in [0.15, 0.2) is 5.82 Å². The first-order valence-electron chi connectivity index (χ1n) is 5.60. The van der Waals surface area contributed by atoms with Crippen molar-refractivity contribution >= 4 is 0 Å². The molecule has 0 atom stereocenters. The normalized spacial score (nSPS) is 12.0. The molecule has 15 heavy (non-hydrogen) atoms. The molecule has 0 aliphatic carbocycles. The summed E-state index contributed by atoms with van der Waals surface area (Å²) in [6.07, 6.45) is 2.14. The maximum absolute atomic E-state index is 4.05. The Hall–Kier alpha value is -0.970. The van der Waals surface area contributed by atoms with Crippen LogP contribution in [0.25, 0.3) is 0 Å². The molecular formula is C10H21N5. The van der Waals surface area contributed by atoms with E-state index in [9.17, 15) is 0 Å². The third-order valence-electron chi connectivity index (χ3n) is 2.68. The third kappa shape index (κ3) is 2.99. The van der Waals surface area contributed by atoms with Crippen LogP contribution < -0.4 is 5.32 Å². The van der Waals surface area contributed by atoms with Gasteiger partial charge in [0.1, 0.15) is 0 Å². The van der Waals surface area contributed by atoms with E-state index in [1.807, 2.05) is 4.68 Å². The molecule has 0 aliphatic heterocycles. The lowest BCUT2D eigenvalue weighted by atomic mass is 10.0. The van der Waals surface area contributed by atoms with Gasteiger partial charge >= 0.3 is 0 Å². The Morgan fingerprint density at radius 1 is 1.33 bits per heavy atom. The highest BCUT2D eigenvalue weighted by molar-refractivity contribution is 4.87. The number of hydrogen-bond acceptors (Lipinski definition) is 4. The lowest BCUT2D eigenvalue weighted by Crippen LogP contribution is -2.30. The van der Waals surface area contributed by atoms with E-state index < -0.39 is 0 Å². The zero-order valence-electron chi connectivity index (χ0n) is 10.1. The highest BCUT2D eigenvalue weighted by Gasteiger charge is 2.22. The lowest BCUT2D eigenvalue weighted by molar-refractivity contribution is 0.289. The second-order valence-corrected chi connectivity index (χ2v) is 4.35. The quantitative estimate of drug-likeness (QED) is 0.721. The van der Waals surface area contributed by atoms with E-state index in [0.717, 1.165) is 31.8 Å². The number of tetrazole rings is 1. The van der Waals surface area contributed by atoms with Gasteiger partial charge in [0.05, 0.1) is 12.1 Å². The Labute approximate surface area is 91.2 Å². The number of hydrogen-bond donors (Lipinski definition) is 1. The molecule has 1 rings (SSSR count). The number of aromatic nitrogens is 4. The summed E-state index contributed by atoms with van der Waals surface area (Å²) in [5.74, 6) is 0.912. The predicted octanol–water partition coefficient (Wildman–Crippen LogP) is 1.32. The highest BCUT2D eigenvalue weighted by Crippen LogP contribution is 2.18. The molecule has 0 fully saturated rings. The fourth-order valence-corrected chi connectivity index (χ4v) is 1.31. The van der Waals surface area contributed by atoms with Crippen molar-refractivity contribution in [2.45, 2.75) is 52.6 Å². The predicted molar refractivity (Wildman–Crippen MR) is 59.4 cm³/mol. The van der Waals surface area contributed by atoms with E-state index in [4.69, 9.17) is 0 Å². The SMILES string of the molecule is CCCNCc1nnnn1C(C)(C)CC. The van der Waals surface area contributed by atoms with Crippen LogP contribution in [0.2, 0.25) is 0 Å². The van der Waals surface area contributed by atoms with E-state index >= 15 is 0 Å². The average Bonchev–Trinajstić information content (AvgIpc) is 2.67. The van der Waals surface area contributed by atoms with Crippen LogP contribution in [-0.4, -0.2) is 26.8 Å². The molecule has 1 N–H and O–H groups in total. The summed E-state index contributed by atoms with van der Waals surface area (Å²) in [6.45, 7) is 10.3. The van der Waals surface area contributed by atoms with Gasteiger partial charge in [-0.1, -0.05) is 13.8 Å². The first-order valence-corrected chi connectivity index (χ1v) is 5.60. The van der Waals surface area contributed by atoms with Crippen molar-refractivity contribution in [1.29, 1.82) is 0 Å². The van der Waals surface area contributed by atoms with Crippen LogP contribution in [0.15, 0.2) is 0 Å². The molecule has 0 aromatic carbocycles. The molecule has 1 heterocycles. The zero-order valence-corrected chi connectivity index (χ0v) is 10.1. The number of nitrogens with one attached hydrogen (secondary N) is 1. The van der Waals surface area contributed by atoms with E-state index in [2.05, 4.69) is 48.5 Å². The number of nitrogens with zero attached hydrogens (tertiary/aromatic N) is 4. The van der Waals surface area contributed by atoms with Crippen molar-refractivity contribution in [3.8, 4) is 0 Å². The van der Waals surface area contributed by atoms with Crippen LogP contribution in [0.4, 0.5) is 0 Å². The van der Waals surface area contributed by atoms with Gasteiger partial charge in [-0.3, -0.25) is 0 Å². The molecule has 0 radical (unpaired) electrons. The molecule has 0 unspecified atom stereocenters. The van der Waals surface area contributed by atoms with Crippen LogP contribution in [0, 0.1) is 0 Å². The minimum atomic E-state index is -0.00721. The summed E-state index contributed by atoms with van der Waals surface area (Å²) in [5.41, 5.74) is -0.00721. The summed E-state index contributed by atoms with van der Waals surface area (Å²) in [5, 5.41) is 15.1. The van der Waals surface area contributed by atoms with Crippen LogP contribution in [0.1, 0.15) is 46.4 Å². The van der Waals surface area contributed by atoms with Gasteiger partial charge in [-0.2, -0.15) is 0 Å². The molecule has 0 saturated heterocycles. The smallest absolute Gasteiger partial charge is 0.165 e. The Bertz CT molecular complexity index is 292. The molecular weight excluding hydrogens is 190 g/mol. The van der Waals surface area contributed by atoms with E-state index in [0.29, 0.717) is 0 Å². The van der Waals surface area contributed by atoms with Gasteiger partial charge < -0.3 is 5.32 Å². The zero-order chi connectivity index (χ0) is 11.3. The maximum atomic E-state index is 4.05. The van der Waals surface area contributed by atoms with Crippen LogP contribution in [0.3, 0.4) is 0 Å². The maximum Gasteiger partial charge on any atom is 0.165 e. The minimum Gasteiger partial charge on any atom is -0.310 e. The van der Waals surface area contributed by atoms with Crippen molar-refractivity contribution in [1.82, 2.24) is 25.5 Å². The summed E-state index contributed by atoms with van der Waals surface area (Å²) >= 11 is 0. The second kappa shape index (κ2) is 5.21. The molecule has 0 bridgehead atoms. The molecule has 0 amide bonds. The first kappa shape index (κ1) is 12.1. The molecule has 1 aromatic rings. The van der Waals surface area contributed by atoms with E-state index in [1.54, 1.807) is 0 Å². The molecule has 0 saturated carbocycles. The highest BCUT2D eigenvalue weighted by atomic mass is 15.6. The van der Waals surface area contributed by atoms with Gasteiger partial charge in [-0.25, -0.2) is 4.68 Å². The van der Waals surface area contributed by atoms with Gasteiger partial charge in [-0.05, 0) is 43.7 Å². The van der Waals surface area contributed by atoms with Crippen LogP contribution >= 0.6 is 0 Å². The van der Waals surface area contributed by atoms with Gasteiger partial charge in [0, 0.05) is 0 Å². The summed E-state index contributed by atoms with van der Waals surface area (Å²) in [6, 6.07) is 0.